The van der Waals surface area contributed by atoms with Crippen LogP contribution in [0.15, 0.2) is 30.1 Å². The average Bonchev–Trinajstić information content (AvgIpc) is 3.24. The minimum atomic E-state index is -0.422. The summed E-state index contributed by atoms with van der Waals surface area (Å²) in [5, 5.41) is 0.503. The summed E-state index contributed by atoms with van der Waals surface area (Å²) in [6, 6.07) is 1.64. The van der Waals surface area contributed by atoms with Crippen molar-refractivity contribution in [2.75, 3.05) is 20.1 Å². The molecule has 7 nitrogen and oxygen atoms in total. The molecule has 2 amide bonds. The molecule has 0 spiro atoms. The van der Waals surface area contributed by atoms with Crippen LogP contribution in [0.2, 0.25) is 5.02 Å². The molecule has 6 rings (SSSR count). The van der Waals surface area contributed by atoms with E-state index in [4.69, 9.17) is 21.1 Å². The third-order valence-electron chi connectivity index (χ3n) is 7.28. The van der Waals surface area contributed by atoms with E-state index in [1.165, 1.54) is 6.20 Å². The molecule has 2 unspecified atom stereocenters. The standard InChI is InChI=1S/C23H28ClN3O4/c1-26(22(28)30-13-16-9-19(24)11-25-10-16)20-2-3-27(12-20)23(29)31-21-17-5-14-4-15(7-17)8-18(21)6-14/h4,9-11,14,17-18,20-21H,2-3,5-8,12-13H2,1H3/t14?,17?,18?,20-,21?/m1/s1. The van der Waals surface area contributed by atoms with Crippen LogP contribution in [0.5, 0.6) is 0 Å². The quantitative estimate of drug-likeness (QED) is 0.647. The highest BCUT2D eigenvalue weighted by Crippen LogP contribution is 2.51. The molecule has 4 aliphatic carbocycles. The number of amides is 2. The second kappa shape index (κ2) is 8.34. The van der Waals surface area contributed by atoms with E-state index in [9.17, 15) is 9.59 Å². The van der Waals surface area contributed by atoms with Gasteiger partial charge in [-0.3, -0.25) is 4.98 Å². The minimum absolute atomic E-state index is 0.0502. The number of carbonyl (C=O) groups is 2. The topological polar surface area (TPSA) is 72.0 Å². The third kappa shape index (κ3) is 4.25. The summed E-state index contributed by atoms with van der Waals surface area (Å²) in [5.74, 6) is 1.66. The number of hydrogen-bond donors (Lipinski definition) is 0. The third-order valence-corrected chi connectivity index (χ3v) is 7.49. The predicted octanol–water partition coefficient (Wildman–Crippen LogP) is 4.26. The summed E-state index contributed by atoms with van der Waals surface area (Å²) < 4.78 is 11.4. The van der Waals surface area contributed by atoms with Gasteiger partial charge in [0.2, 0.25) is 0 Å². The van der Waals surface area contributed by atoms with E-state index in [-0.39, 0.29) is 24.8 Å². The molecule has 5 aliphatic rings. The lowest BCUT2D eigenvalue weighted by atomic mass is 9.60. The van der Waals surface area contributed by atoms with Crippen molar-refractivity contribution >= 4 is 23.8 Å². The summed E-state index contributed by atoms with van der Waals surface area (Å²) in [6.07, 6.45) is 10.2. The van der Waals surface area contributed by atoms with Crippen LogP contribution in [0.4, 0.5) is 9.59 Å². The molecule has 0 aromatic carbocycles. The lowest BCUT2D eigenvalue weighted by Gasteiger charge is -2.49. The van der Waals surface area contributed by atoms with Gasteiger partial charge in [0.1, 0.15) is 12.7 Å². The number of aromatic nitrogens is 1. The van der Waals surface area contributed by atoms with E-state index >= 15 is 0 Å². The van der Waals surface area contributed by atoms with E-state index in [2.05, 4.69) is 11.1 Å². The molecule has 2 heterocycles. The number of nitrogens with zero attached hydrogens (tertiary/aromatic N) is 3. The predicted molar refractivity (Wildman–Crippen MR) is 114 cm³/mol. The maximum atomic E-state index is 12.9. The second-order valence-electron chi connectivity index (χ2n) is 9.40. The molecule has 2 saturated carbocycles. The molecular formula is C23H28ClN3O4. The van der Waals surface area contributed by atoms with E-state index in [1.54, 1.807) is 34.7 Å². The van der Waals surface area contributed by atoms with E-state index in [0.717, 1.165) is 31.2 Å². The number of ether oxygens (including phenoxy) is 2. The Hall–Kier alpha value is -2.28. The molecular weight excluding hydrogens is 418 g/mol. The van der Waals surface area contributed by atoms with Gasteiger partial charge >= 0.3 is 12.2 Å². The number of hydrogen-bond acceptors (Lipinski definition) is 5. The Labute approximate surface area is 187 Å². The molecule has 0 N–H and O–H groups in total. The Kier molecular flexibility index (Phi) is 5.54. The number of carbonyl (C=O) groups excluding carboxylic acids is 2. The Morgan fingerprint density at radius 2 is 2.03 bits per heavy atom. The molecule has 1 saturated heterocycles. The zero-order chi connectivity index (χ0) is 21.5. The Morgan fingerprint density at radius 3 is 2.74 bits per heavy atom. The van der Waals surface area contributed by atoms with E-state index < -0.39 is 6.09 Å². The number of likely N-dealkylation sites (N-methyl/N-ethyl adjacent to an activating group) is 1. The Balaban J connectivity index is 1.11. The van der Waals surface area contributed by atoms with Crippen LogP contribution in [-0.2, 0) is 16.1 Å². The number of likely N-dealkylation sites (tertiary alicyclic amines) is 1. The number of pyridine rings is 1. The summed E-state index contributed by atoms with van der Waals surface area (Å²) in [5.41, 5.74) is 2.30. The van der Waals surface area contributed by atoms with Gasteiger partial charge < -0.3 is 19.3 Å². The van der Waals surface area contributed by atoms with Crippen molar-refractivity contribution in [1.29, 1.82) is 0 Å². The molecule has 0 radical (unpaired) electrons. The van der Waals surface area contributed by atoms with Gasteiger partial charge in [0.25, 0.3) is 0 Å². The van der Waals surface area contributed by atoms with Crippen LogP contribution >= 0.6 is 11.6 Å². The van der Waals surface area contributed by atoms with Gasteiger partial charge in [-0.05, 0) is 44.1 Å². The van der Waals surface area contributed by atoms with Crippen LogP contribution in [-0.4, -0.2) is 59.3 Å². The Morgan fingerprint density at radius 1 is 1.26 bits per heavy atom. The summed E-state index contributed by atoms with van der Waals surface area (Å²) >= 11 is 5.92. The summed E-state index contributed by atoms with van der Waals surface area (Å²) in [6.45, 7) is 1.17. The molecule has 1 aromatic heterocycles. The smallest absolute Gasteiger partial charge is 0.410 e. The number of halogens is 1. The summed E-state index contributed by atoms with van der Waals surface area (Å²) in [4.78, 5) is 32.6. The second-order valence-corrected chi connectivity index (χ2v) is 9.84. The molecule has 8 heteroatoms. The van der Waals surface area contributed by atoms with Crippen molar-refractivity contribution in [3.05, 3.63) is 40.7 Å². The SMILES string of the molecule is CN(C(=O)OCc1cncc(Cl)c1)[C@@H]1CCN(C(=O)OC2C3CC4=CC(C3)CC2C4)C1. The molecule has 4 bridgehead atoms. The molecule has 166 valence electrons. The fourth-order valence-electron chi connectivity index (χ4n) is 5.83. The van der Waals surface area contributed by atoms with Crippen LogP contribution < -0.4 is 0 Å². The fourth-order valence-corrected chi connectivity index (χ4v) is 6.02. The highest BCUT2D eigenvalue weighted by atomic mass is 35.5. The maximum Gasteiger partial charge on any atom is 0.410 e. The van der Waals surface area contributed by atoms with Gasteiger partial charge in [-0.1, -0.05) is 23.3 Å². The van der Waals surface area contributed by atoms with Gasteiger partial charge in [0, 0.05) is 49.9 Å². The largest absolute Gasteiger partial charge is 0.445 e. The average molecular weight is 446 g/mol. The van der Waals surface area contributed by atoms with Crippen molar-refractivity contribution < 1.29 is 19.1 Å². The first-order valence-corrected chi connectivity index (χ1v) is 11.5. The number of rotatable bonds is 4. The lowest BCUT2D eigenvalue weighted by molar-refractivity contribution is -0.0435. The van der Waals surface area contributed by atoms with Crippen molar-refractivity contribution in [3.63, 3.8) is 0 Å². The van der Waals surface area contributed by atoms with Gasteiger partial charge in [-0.15, -0.1) is 0 Å². The first kappa shape index (κ1) is 20.6. The van der Waals surface area contributed by atoms with Crippen LogP contribution in [0.1, 0.15) is 37.7 Å². The molecule has 31 heavy (non-hydrogen) atoms. The highest BCUT2D eigenvalue weighted by Gasteiger charge is 2.47. The zero-order valence-corrected chi connectivity index (χ0v) is 18.5. The van der Waals surface area contributed by atoms with Crippen molar-refractivity contribution in [3.8, 4) is 0 Å². The zero-order valence-electron chi connectivity index (χ0n) is 17.7. The van der Waals surface area contributed by atoms with Crippen LogP contribution in [0, 0.1) is 17.8 Å². The molecule has 3 fully saturated rings. The number of allylic oxidation sites excluding steroid dienone is 2. The first-order valence-electron chi connectivity index (χ1n) is 11.1. The lowest BCUT2D eigenvalue weighted by Crippen LogP contribution is -2.48. The van der Waals surface area contributed by atoms with Crippen molar-refractivity contribution in [2.45, 2.75) is 50.9 Å². The van der Waals surface area contributed by atoms with Crippen molar-refractivity contribution in [2.24, 2.45) is 17.8 Å². The van der Waals surface area contributed by atoms with E-state index in [0.29, 0.717) is 42.3 Å². The first-order chi connectivity index (χ1) is 15.0. The normalized spacial score (nSPS) is 30.8. The summed E-state index contributed by atoms with van der Waals surface area (Å²) in [7, 11) is 1.71. The molecule has 1 aromatic rings. The van der Waals surface area contributed by atoms with Crippen LogP contribution in [0.25, 0.3) is 0 Å². The van der Waals surface area contributed by atoms with Gasteiger partial charge in [0.15, 0.2) is 0 Å². The van der Waals surface area contributed by atoms with Gasteiger partial charge in [-0.25, -0.2) is 9.59 Å². The highest BCUT2D eigenvalue weighted by molar-refractivity contribution is 6.30. The van der Waals surface area contributed by atoms with Crippen LogP contribution in [0.3, 0.4) is 0 Å². The van der Waals surface area contributed by atoms with Gasteiger partial charge in [-0.2, -0.15) is 0 Å². The van der Waals surface area contributed by atoms with Gasteiger partial charge in [0.05, 0.1) is 11.1 Å². The Bertz CT molecular complexity index is 889. The van der Waals surface area contributed by atoms with E-state index in [1.807, 2.05) is 0 Å². The monoisotopic (exact) mass is 445 g/mol. The maximum absolute atomic E-state index is 12.9. The molecule has 1 aliphatic heterocycles. The fraction of sp³-hybridized carbons (Fsp3) is 0.609. The minimum Gasteiger partial charge on any atom is -0.445 e. The molecule has 3 atom stereocenters. The van der Waals surface area contributed by atoms with Crippen molar-refractivity contribution in [1.82, 2.24) is 14.8 Å².